The van der Waals surface area contributed by atoms with Crippen molar-refractivity contribution in [3.05, 3.63) is 66.5 Å². The smallest absolute Gasteiger partial charge is 0.237 e. The van der Waals surface area contributed by atoms with Crippen molar-refractivity contribution in [2.45, 2.75) is 24.3 Å². The molecule has 3 rings (SSSR count). The lowest BCUT2D eigenvalue weighted by atomic mass is 10.1. The molecule has 7 heteroatoms. The Morgan fingerprint density at radius 2 is 1.96 bits per heavy atom. The molecule has 6 nitrogen and oxygen atoms in total. The van der Waals surface area contributed by atoms with Crippen molar-refractivity contribution >= 4 is 29.1 Å². The summed E-state index contributed by atoms with van der Waals surface area (Å²) in [6.07, 6.45) is 3.53. The summed E-state index contributed by atoms with van der Waals surface area (Å²) in [5.41, 5.74) is 1.91. The zero-order valence-corrected chi connectivity index (χ0v) is 16.7. The van der Waals surface area contributed by atoms with Crippen LogP contribution in [0.2, 0.25) is 0 Å². The predicted molar refractivity (Wildman–Crippen MR) is 111 cm³/mol. The van der Waals surface area contributed by atoms with Crippen molar-refractivity contribution in [2.75, 3.05) is 12.4 Å². The van der Waals surface area contributed by atoms with Crippen LogP contribution in [0.4, 0.5) is 5.69 Å². The lowest BCUT2D eigenvalue weighted by Gasteiger charge is -2.15. The Morgan fingerprint density at radius 1 is 1.18 bits per heavy atom. The summed E-state index contributed by atoms with van der Waals surface area (Å²) in [4.78, 5) is 28.8. The minimum atomic E-state index is -0.410. The van der Waals surface area contributed by atoms with E-state index in [-0.39, 0.29) is 11.7 Å². The van der Waals surface area contributed by atoms with Gasteiger partial charge in [0.05, 0.1) is 23.7 Å². The van der Waals surface area contributed by atoms with E-state index in [1.54, 1.807) is 44.5 Å². The highest BCUT2D eigenvalue weighted by atomic mass is 32.2. The molecule has 1 N–H and O–H groups in total. The van der Waals surface area contributed by atoms with Crippen LogP contribution in [0.25, 0.3) is 5.69 Å². The molecule has 0 aliphatic heterocycles. The molecule has 28 heavy (non-hydrogen) atoms. The Morgan fingerprint density at radius 3 is 2.71 bits per heavy atom. The Kier molecular flexibility index (Phi) is 6.16. The Balaban J connectivity index is 1.75. The molecule has 144 valence electrons. The largest absolute Gasteiger partial charge is 0.497 e. The van der Waals surface area contributed by atoms with Gasteiger partial charge in [0.15, 0.2) is 10.9 Å². The number of nitrogens with one attached hydrogen (secondary N) is 1. The Bertz CT molecular complexity index is 1000. The number of para-hydroxylation sites is 1. The van der Waals surface area contributed by atoms with Crippen LogP contribution in [-0.4, -0.2) is 33.6 Å². The number of Topliss-reactive ketones (excluding diaryl/α,β-unsaturated/α-hetero) is 1. The number of benzene rings is 2. The summed E-state index contributed by atoms with van der Waals surface area (Å²) in [5, 5.41) is 3.12. The molecule has 0 aliphatic carbocycles. The van der Waals surface area contributed by atoms with Crippen LogP contribution in [0.15, 0.2) is 66.1 Å². The fourth-order valence-electron chi connectivity index (χ4n) is 2.68. The van der Waals surface area contributed by atoms with Gasteiger partial charge in [0.25, 0.3) is 0 Å². The zero-order valence-electron chi connectivity index (χ0n) is 15.9. The van der Waals surface area contributed by atoms with Crippen LogP contribution in [0, 0.1) is 0 Å². The molecule has 0 saturated heterocycles. The highest BCUT2D eigenvalue weighted by Gasteiger charge is 2.19. The number of amides is 1. The number of hydrogen-bond donors (Lipinski definition) is 1. The van der Waals surface area contributed by atoms with E-state index in [9.17, 15) is 9.59 Å². The van der Waals surface area contributed by atoms with Crippen LogP contribution in [0.1, 0.15) is 24.2 Å². The molecule has 1 atom stereocenters. The van der Waals surface area contributed by atoms with Gasteiger partial charge in [0.1, 0.15) is 5.75 Å². The number of imidazole rings is 1. The number of methoxy groups -OCH3 is 1. The summed E-state index contributed by atoms with van der Waals surface area (Å²) >= 11 is 1.34. The van der Waals surface area contributed by atoms with Gasteiger partial charge in [-0.3, -0.25) is 14.2 Å². The molecule has 1 heterocycles. The van der Waals surface area contributed by atoms with Gasteiger partial charge in [-0.1, -0.05) is 30.0 Å². The molecule has 2 aromatic carbocycles. The molecule has 1 unspecified atom stereocenters. The second-order valence-corrected chi connectivity index (χ2v) is 7.44. The fourth-order valence-corrected chi connectivity index (χ4v) is 3.56. The van der Waals surface area contributed by atoms with Crippen LogP contribution in [-0.2, 0) is 4.79 Å². The van der Waals surface area contributed by atoms with Gasteiger partial charge in [0.2, 0.25) is 5.91 Å². The highest BCUT2D eigenvalue weighted by molar-refractivity contribution is 8.00. The zero-order chi connectivity index (χ0) is 20.1. The van der Waals surface area contributed by atoms with Gasteiger partial charge in [-0.05, 0) is 38.1 Å². The molecule has 1 amide bonds. The van der Waals surface area contributed by atoms with E-state index in [1.165, 1.54) is 18.7 Å². The molecule has 0 radical (unpaired) electrons. The Labute approximate surface area is 167 Å². The first-order valence-corrected chi connectivity index (χ1v) is 9.63. The number of ketones is 1. The fraction of sp³-hybridized carbons (Fsp3) is 0.190. The van der Waals surface area contributed by atoms with E-state index < -0.39 is 5.25 Å². The van der Waals surface area contributed by atoms with Crippen molar-refractivity contribution < 1.29 is 14.3 Å². The summed E-state index contributed by atoms with van der Waals surface area (Å²) < 4.78 is 7.18. The van der Waals surface area contributed by atoms with E-state index in [4.69, 9.17) is 4.74 Å². The van der Waals surface area contributed by atoms with Crippen LogP contribution in [0.5, 0.6) is 5.75 Å². The van der Waals surface area contributed by atoms with E-state index in [1.807, 2.05) is 35.0 Å². The van der Waals surface area contributed by atoms with Crippen molar-refractivity contribution in [3.63, 3.8) is 0 Å². The summed E-state index contributed by atoms with van der Waals surface area (Å²) in [6, 6.07) is 14.6. The molecule has 3 aromatic rings. The average Bonchev–Trinajstić information content (AvgIpc) is 3.16. The Hall–Kier alpha value is -3.06. The SMILES string of the molecule is COc1cccc(-n2ccnc2SC(C)C(=O)Nc2ccccc2C(C)=O)c1. The number of carbonyl (C=O) groups excluding carboxylic acids is 2. The number of aromatic nitrogens is 2. The third kappa shape index (κ3) is 4.43. The lowest BCUT2D eigenvalue weighted by Crippen LogP contribution is -2.23. The average molecular weight is 395 g/mol. The first-order valence-electron chi connectivity index (χ1n) is 8.75. The van der Waals surface area contributed by atoms with Crippen molar-refractivity contribution in [1.82, 2.24) is 9.55 Å². The van der Waals surface area contributed by atoms with Gasteiger partial charge in [-0.2, -0.15) is 0 Å². The maximum Gasteiger partial charge on any atom is 0.237 e. The molecule has 1 aromatic heterocycles. The maximum atomic E-state index is 12.7. The van der Waals surface area contributed by atoms with Gasteiger partial charge in [-0.25, -0.2) is 4.98 Å². The van der Waals surface area contributed by atoms with Crippen molar-refractivity contribution in [3.8, 4) is 11.4 Å². The van der Waals surface area contributed by atoms with E-state index >= 15 is 0 Å². The first kappa shape index (κ1) is 19.7. The van der Waals surface area contributed by atoms with Gasteiger partial charge in [0, 0.05) is 24.0 Å². The van der Waals surface area contributed by atoms with Gasteiger partial charge in [-0.15, -0.1) is 0 Å². The molecule has 0 bridgehead atoms. The quantitative estimate of drug-likeness (QED) is 0.479. The third-order valence-corrected chi connectivity index (χ3v) is 5.23. The second-order valence-electron chi connectivity index (χ2n) is 6.13. The first-order chi connectivity index (χ1) is 13.5. The monoisotopic (exact) mass is 395 g/mol. The lowest BCUT2D eigenvalue weighted by molar-refractivity contribution is -0.115. The number of ether oxygens (including phenoxy) is 1. The predicted octanol–water partition coefficient (Wildman–Crippen LogP) is 4.20. The van der Waals surface area contributed by atoms with E-state index in [2.05, 4.69) is 10.3 Å². The number of thioether (sulfide) groups is 1. The van der Waals surface area contributed by atoms with Crippen LogP contribution >= 0.6 is 11.8 Å². The van der Waals surface area contributed by atoms with Gasteiger partial charge < -0.3 is 10.1 Å². The highest BCUT2D eigenvalue weighted by Crippen LogP contribution is 2.27. The number of hydrogen-bond acceptors (Lipinski definition) is 5. The van der Waals surface area contributed by atoms with Crippen LogP contribution in [0.3, 0.4) is 0 Å². The summed E-state index contributed by atoms with van der Waals surface area (Å²) in [6.45, 7) is 3.29. The van der Waals surface area contributed by atoms with Crippen molar-refractivity contribution in [1.29, 1.82) is 0 Å². The van der Waals surface area contributed by atoms with E-state index in [0.717, 1.165) is 11.4 Å². The molecule has 0 spiro atoms. The minimum absolute atomic E-state index is 0.0928. The van der Waals surface area contributed by atoms with E-state index in [0.29, 0.717) is 16.4 Å². The number of rotatable bonds is 7. The molecule has 0 saturated carbocycles. The number of anilines is 1. The van der Waals surface area contributed by atoms with Crippen LogP contribution < -0.4 is 10.1 Å². The summed E-state index contributed by atoms with van der Waals surface area (Å²) in [5.74, 6) is 0.456. The molecule has 0 aliphatic rings. The molecular weight excluding hydrogens is 374 g/mol. The molecule has 0 fully saturated rings. The topological polar surface area (TPSA) is 73.2 Å². The minimum Gasteiger partial charge on any atom is -0.497 e. The number of carbonyl (C=O) groups is 2. The number of nitrogens with zero attached hydrogens (tertiary/aromatic N) is 2. The standard InChI is InChI=1S/C21H21N3O3S/c1-14(25)18-9-4-5-10-19(18)23-20(26)15(2)28-21-22-11-12-24(21)16-7-6-8-17(13-16)27-3/h4-13,15H,1-3H3,(H,23,26). The van der Waals surface area contributed by atoms with Gasteiger partial charge >= 0.3 is 0 Å². The third-order valence-electron chi connectivity index (χ3n) is 4.15. The molecular formula is C21H21N3O3S. The maximum absolute atomic E-state index is 12.7. The van der Waals surface area contributed by atoms with Crippen molar-refractivity contribution in [2.24, 2.45) is 0 Å². The normalized spacial score (nSPS) is 11.7. The summed E-state index contributed by atoms with van der Waals surface area (Å²) in [7, 11) is 1.62. The second kappa shape index (κ2) is 8.75.